The monoisotopic (exact) mass is 619 g/mol. The van der Waals surface area contributed by atoms with Crippen molar-refractivity contribution in [3.05, 3.63) is 107 Å². The third kappa shape index (κ3) is 6.50. The predicted octanol–water partition coefficient (Wildman–Crippen LogP) is 5.64. The number of anilines is 3. The van der Waals surface area contributed by atoms with Crippen molar-refractivity contribution in [1.82, 2.24) is 0 Å². The fourth-order valence-corrected chi connectivity index (χ4v) is 6.62. The van der Waals surface area contributed by atoms with E-state index in [1.807, 2.05) is 0 Å². The second-order valence-corrected chi connectivity index (χ2v) is 12.6. The summed E-state index contributed by atoms with van der Waals surface area (Å²) in [5, 5.41) is 2.86. The van der Waals surface area contributed by atoms with Gasteiger partial charge < -0.3 is 10.1 Å². The van der Waals surface area contributed by atoms with E-state index in [1.165, 1.54) is 61.7 Å². The number of benzene rings is 4. The minimum atomic E-state index is -4.15. The first-order valence-corrected chi connectivity index (χ1v) is 15.3. The molecule has 40 heavy (non-hydrogen) atoms. The minimum absolute atomic E-state index is 0.00410. The summed E-state index contributed by atoms with van der Waals surface area (Å²) in [4.78, 5) is 13.0. The lowest BCUT2D eigenvalue weighted by atomic mass is 10.3. The van der Waals surface area contributed by atoms with E-state index >= 15 is 0 Å². The molecule has 2 N–H and O–H groups in total. The summed E-state index contributed by atoms with van der Waals surface area (Å²) in [7, 11) is -6.77. The Hall–Kier alpha value is -3.77. The fraction of sp³-hybridized carbons (Fsp3) is 0.0741. The maximum Gasteiger partial charge on any atom is 0.264 e. The number of carbonyl (C=O) groups is 1. The van der Waals surface area contributed by atoms with Crippen molar-refractivity contribution in [1.29, 1.82) is 0 Å². The summed E-state index contributed by atoms with van der Waals surface area (Å²) in [5.74, 6) is -0.401. The quantitative estimate of drug-likeness (QED) is 0.237. The van der Waals surface area contributed by atoms with Crippen LogP contribution in [0, 0.1) is 0 Å². The van der Waals surface area contributed by atoms with Gasteiger partial charge in [-0.15, -0.1) is 0 Å². The average molecular weight is 621 g/mol. The summed E-state index contributed by atoms with van der Waals surface area (Å²) in [5.41, 5.74) is 0.542. The Bertz CT molecular complexity index is 1730. The average Bonchev–Trinajstić information content (AvgIpc) is 2.95. The van der Waals surface area contributed by atoms with Gasteiger partial charge >= 0.3 is 0 Å². The number of ether oxygens (including phenoxy) is 1. The molecule has 0 aliphatic carbocycles. The number of halogens is 2. The molecule has 0 saturated heterocycles. The van der Waals surface area contributed by atoms with Crippen LogP contribution < -0.4 is 19.1 Å². The second-order valence-electron chi connectivity index (χ2n) is 8.28. The van der Waals surface area contributed by atoms with Crippen LogP contribution in [0.4, 0.5) is 17.1 Å². The molecular weight excluding hydrogens is 597 g/mol. The zero-order chi connectivity index (χ0) is 28.9. The Morgan fingerprint density at radius 1 is 0.800 bits per heavy atom. The highest BCUT2D eigenvalue weighted by Gasteiger charge is 2.29. The summed E-state index contributed by atoms with van der Waals surface area (Å²) >= 11 is 12.0. The molecule has 0 heterocycles. The lowest BCUT2D eigenvalue weighted by molar-refractivity contribution is -0.114. The largest absolute Gasteiger partial charge is 0.495 e. The SMILES string of the molecule is COc1ccccc1N(CC(=O)Nc1ccc(S(=O)(=O)Nc2cccc(Cl)c2Cl)cc1)S(=O)(=O)c1ccccc1. The van der Waals surface area contributed by atoms with Crippen molar-refractivity contribution < 1.29 is 26.4 Å². The highest BCUT2D eigenvalue weighted by Crippen LogP contribution is 2.33. The van der Waals surface area contributed by atoms with E-state index in [0.717, 1.165) is 4.31 Å². The maximum absolute atomic E-state index is 13.5. The van der Waals surface area contributed by atoms with E-state index in [-0.39, 0.29) is 42.6 Å². The molecule has 13 heteroatoms. The highest BCUT2D eigenvalue weighted by molar-refractivity contribution is 7.93. The first-order valence-electron chi connectivity index (χ1n) is 11.6. The molecule has 0 aliphatic heterocycles. The molecule has 1 amide bonds. The number of hydrogen-bond donors (Lipinski definition) is 2. The van der Waals surface area contributed by atoms with Crippen LogP contribution in [0.5, 0.6) is 5.75 Å². The van der Waals surface area contributed by atoms with Crippen LogP contribution in [-0.4, -0.2) is 36.4 Å². The summed E-state index contributed by atoms with van der Waals surface area (Å²) in [6.45, 7) is -0.577. The van der Waals surface area contributed by atoms with Crippen molar-refractivity contribution in [2.45, 2.75) is 9.79 Å². The van der Waals surface area contributed by atoms with Gasteiger partial charge in [-0.25, -0.2) is 16.8 Å². The third-order valence-electron chi connectivity index (χ3n) is 5.62. The zero-order valence-electron chi connectivity index (χ0n) is 20.9. The van der Waals surface area contributed by atoms with Crippen molar-refractivity contribution in [2.75, 3.05) is 28.0 Å². The van der Waals surface area contributed by atoms with Crippen LogP contribution in [0.1, 0.15) is 0 Å². The molecule has 4 aromatic carbocycles. The molecule has 0 spiro atoms. The molecule has 0 unspecified atom stereocenters. The first-order chi connectivity index (χ1) is 19.0. The van der Waals surface area contributed by atoms with Crippen LogP contribution in [0.15, 0.2) is 107 Å². The zero-order valence-corrected chi connectivity index (χ0v) is 24.1. The molecule has 0 saturated carbocycles. The van der Waals surface area contributed by atoms with Crippen LogP contribution in [0.3, 0.4) is 0 Å². The Balaban J connectivity index is 1.55. The van der Waals surface area contributed by atoms with Gasteiger partial charge in [-0.2, -0.15) is 0 Å². The minimum Gasteiger partial charge on any atom is -0.495 e. The number of nitrogens with one attached hydrogen (secondary N) is 2. The van der Waals surface area contributed by atoms with Gasteiger partial charge in [0.1, 0.15) is 12.3 Å². The highest BCUT2D eigenvalue weighted by atomic mass is 35.5. The van der Waals surface area contributed by atoms with E-state index in [2.05, 4.69) is 10.0 Å². The predicted molar refractivity (Wildman–Crippen MR) is 156 cm³/mol. The normalized spacial score (nSPS) is 11.5. The van der Waals surface area contributed by atoms with E-state index in [4.69, 9.17) is 27.9 Å². The lowest BCUT2D eigenvalue weighted by Crippen LogP contribution is -2.38. The number of methoxy groups -OCH3 is 1. The number of amides is 1. The standard InChI is InChI=1S/C27H23Cl2N3O6S2/c1-38-25-13-6-5-12-24(25)32(40(36,37)21-8-3-2-4-9-21)18-26(33)30-19-14-16-20(17-15-19)39(34,35)31-23-11-7-10-22(28)27(23)29/h2-17,31H,18H2,1H3,(H,30,33). The first kappa shape index (κ1) is 29.2. The van der Waals surface area contributed by atoms with Crippen molar-refractivity contribution in [3.8, 4) is 5.75 Å². The van der Waals surface area contributed by atoms with E-state index in [0.29, 0.717) is 0 Å². The number of carbonyl (C=O) groups excluding carboxylic acids is 1. The number of sulfonamides is 2. The molecule has 0 aromatic heterocycles. The van der Waals surface area contributed by atoms with Gasteiger partial charge in [-0.3, -0.25) is 13.8 Å². The molecule has 0 radical (unpaired) electrons. The van der Waals surface area contributed by atoms with E-state index in [1.54, 1.807) is 42.5 Å². The molecule has 0 fully saturated rings. The van der Waals surface area contributed by atoms with Gasteiger partial charge in [0.2, 0.25) is 5.91 Å². The van der Waals surface area contributed by atoms with E-state index in [9.17, 15) is 21.6 Å². The Morgan fingerprint density at radius 3 is 2.12 bits per heavy atom. The number of rotatable bonds is 10. The van der Waals surface area contributed by atoms with Gasteiger partial charge in [-0.1, -0.05) is 59.6 Å². The molecule has 0 aliphatic rings. The van der Waals surface area contributed by atoms with Crippen molar-refractivity contribution in [3.63, 3.8) is 0 Å². The van der Waals surface area contributed by atoms with Crippen molar-refractivity contribution in [2.24, 2.45) is 0 Å². The van der Waals surface area contributed by atoms with Gasteiger partial charge in [0.25, 0.3) is 20.0 Å². The van der Waals surface area contributed by atoms with Gasteiger partial charge in [0.05, 0.1) is 38.3 Å². The van der Waals surface area contributed by atoms with Crippen molar-refractivity contribution >= 4 is 66.2 Å². The van der Waals surface area contributed by atoms with Crippen LogP contribution in [0.25, 0.3) is 0 Å². The van der Waals surface area contributed by atoms with Crippen LogP contribution >= 0.6 is 23.2 Å². The Kier molecular flexibility index (Phi) is 8.89. The van der Waals surface area contributed by atoms with Gasteiger partial charge in [0, 0.05) is 5.69 Å². The van der Waals surface area contributed by atoms with Gasteiger partial charge in [-0.05, 0) is 60.7 Å². The fourth-order valence-electron chi connectivity index (χ4n) is 3.69. The van der Waals surface area contributed by atoms with E-state index < -0.39 is 32.5 Å². The molecule has 4 aromatic rings. The maximum atomic E-state index is 13.5. The molecule has 9 nitrogen and oxygen atoms in total. The Labute approximate surface area is 242 Å². The summed E-state index contributed by atoms with van der Waals surface area (Å²) in [6, 6.07) is 24.0. The second kappa shape index (κ2) is 12.2. The van der Waals surface area contributed by atoms with Gasteiger partial charge in [0.15, 0.2) is 0 Å². The molecule has 0 atom stereocenters. The smallest absolute Gasteiger partial charge is 0.264 e. The lowest BCUT2D eigenvalue weighted by Gasteiger charge is -2.25. The molecule has 208 valence electrons. The number of nitrogens with zero attached hydrogens (tertiary/aromatic N) is 1. The summed E-state index contributed by atoms with van der Waals surface area (Å²) < 4.78 is 61.4. The topological polar surface area (TPSA) is 122 Å². The third-order valence-corrected chi connectivity index (χ3v) is 9.59. The Morgan fingerprint density at radius 2 is 1.45 bits per heavy atom. The molecular formula is C27H23Cl2N3O6S2. The van der Waals surface area contributed by atoms with Crippen LogP contribution in [-0.2, 0) is 24.8 Å². The number of para-hydroxylation sites is 2. The molecule has 4 rings (SSSR count). The summed E-state index contributed by atoms with van der Waals surface area (Å²) in [6.07, 6.45) is 0. The van der Waals surface area contributed by atoms with Crippen LogP contribution in [0.2, 0.25) is 10.0 Å². The molecule has 0 bridgehead atoms. The number of hydrogen-bond acceptors (Lipinski definition) is 6.